The minimum Gasteiger partial charge on any atom is -0.507 e. The third-order valence-electron chi connectivity index (χ3n) is 6.19. The van der Waals surface area contributed by atoms with Gasteiger partial charge in [0.15, 0.2) is 11.6 Å². The fourth-order valence-electron chi connectivity index (χ4n) is 4.59. The van der Waals surface area contributed by atoms with E-state index in [1.54, 1.807) is 18.2 Å². The molecule has 10 nitrogen and oxygen atoms in total. The van der Waals surface area contributed by atoms with Crippen molar-refractivity contribution >= 4 is 22.9 Å². The van der Waals surface area contributed by atoms with Gasteiger partial charge in [0.1, 0.15) is 5.75 Å². The summed E-state index contributed by atoms with van der Waals surface area (Å²) >= 11 is 0. The summed E-state index contributed by atoms with van der Waals surface area (Å²) in [6.45, 7) is 3.77. The quantitative estimate of drug-likeness (QED) is 0.178. The molecule has 0 saturated heterocycles. The van der Waals surface area contributed by atoms with Crippen molar-refractivity contribution in [3.05, 3.63) is 51.6 Å². The van der Waals surface area contributed by atoms with Gasteiger partial charge in [-0.05, 0) is 35.7 Å². The number of rotatable bonds is 12. The zero-order chi connectivity index (χ0) is 24.8. The fourth-order valence-corrected chi connectivity index (χ4v) is 4.59. The van der Waals surface area contributed by atoms with Crippen molar-refractivity contribution in [2.45, 2.75) is 13.0 Å². The number of nitrogens with one attached hydrogen (secondary N) is 4. The van der Waals surface area contributed by atoms with Crippen LogP contribution >= 0.6 is 0 Å². The highest BCUT2D eigenvalue weighted by Crippen LogP contribution is 2.42. The summed E-state index contributed by atoms with van der Waals surface area (Å²) in [5.74, 6) is -0.916. The Balaban J connectivity index is 1.73. The lowest BCUT2D eigenvalue weighted by Gasteiger charge is -2.28. The molecule has 0 aromatic heterocycles. The molecule has 0 radical (unpaired) electrons. The number of carbonyl (C=O) groups excluding carboxylic acids is 2. The van der Waals surface area contributed by atoms with Gasteiger partial charge in [-0.3, -0.25) is 9.59 Å². The van der Waals surface area contributed by atoms with Crippen molar-refractivity contribution < 1.29 is 29.6 Å². The average molecular weight is 485 g/mol. The normalized spacial score (nSPS) is 14.3. The third kappa shape index (κ3) is 5.16. The van der Waals surface area contributed by atoms with Gasteiger partial charge in [0.2, 0.25) is 0 Å². The van der Waals surface area contributed by atoms with Crippen LogP contribution in [0.2, 0.25) is 0 Å². The summed E-state index contributed by atoms with van der Waals surface area (Å²) in [5, 5.41) is 41.2. The van der Waals surface area contributed by atoms with Gasteiger partial charge in [0.25, 0.3) is 0 Å². The van der Waals surface area contributed by atoms with E-state index in [1.807, 2.05) is 0 Å². The highest BCUT2D eigenvalue weighted by atomic mass is 16.5. The summed E-state index contributed by atoms with van der Waals surface area (Å²) in [5.41, 5.74) is 3.27. The number of anilines is 2. The molecule has 188 valence electrons. The highest BCUT2D eigenvalue weighted by molar-refractivity contribution is 6.33. The van der Waals surface area contributed by atoms with Gasteiger partial charge < -0.3 is 41.3 Å². The van der Waals surface area contributed by atoms with Gasteiger partial charge >= 0.3 is 0 Å². The Hall–Kier alpha value is -3.02. The predicted molar refractivity (Wildman–Crippen MR) is 132 cm³/mol. The first-order valence-corrected chi connectivity index (χ1v) is 11.9. The van der Waals surface area contributed by atoms with Crippen molar-refractivity contribution in [1.29, 1.82) is 0 Å². The SMILES string of the molecule is O=C1c2c(O)cc3c(c2C(=O)c2c(NCCNCCO)ccc(NCCNCCO)c21)COCC3. The van der Waals surface area contributed by atoms with E-state index in [0.29, 0.717) is 69.2 Å². The van der Waals surface area contributed by atoms with E-state index in [9.17, 15) is 14.7 Å². The molecule has 1 aliphatic heterocycles. The monoisotopic (exact) mass is 484 g/mol. The van der Waals surface area contributed by atoms with E-state index < -0.39 is 5.78 Å². The standard InChI is InChI=1S/C25H32N4O6/c30-10-8-26-4-6-28-17-1-2-18(29-7-5-27-9-11-31)22-21(17)24(33)20-16-14-35-12-3-15(16)13-19(32)23(20)25(22)34/h1-2,13,26-32H,3-12,14H2. The molecule has 7 N–H and O–H groups in total. The Morgan fingerprint density at radius 3 is 1.91 bits per heavy atom. The molecule has 2 aromatic rings. The Morgan fingerprint density at radius 1 is 0.771 bits per heavy atom. The largest absolute Gasteiger partial charge is 0.507 e. The maximum atomic E-state index is 13.9. The summed E-state index contributed by atoms with van der Waals surface area (Å²) in [4.78, 5) is 27.7. The molecule has 1 aliphatic carbocycles. The van der Waals surface area contributed by atoms with E-state index >= 15 is 0 Å². The third-order valence-corrected chi connectivity index (χ3v) is 6.19. The second-order valence-corrected chi connectivity index (χ2v) is 8.46. The zero-order valence-corrected chi connectivity index (χ0v) is 19.6. The van der Waals surface area contributed by atoms with E-state index in [1.165, 1.54) is 0 Å². The van der Waals surface area contributed by atoms with Crippen LogP contribution in [0.3, 0.4) is 0 Å². The summed E-state index contributed by atoms with van der Waals surface area (Å²) in [6, 6.07) is 5.10. The van der Waals surface area contributed by atoms with Gasteiger partial charge in [-0.2, -0.15) is 0 Å². The van der Waals surface area contributed by atoms with Crippen molar-refractivity contribution in [3.8, 4) is 5.75 Å². The second kappa shape index (κ2) is 11.6. The van der Waals surface area contributed by atoms with Crippen LogP contribution in [0, 0.1) is 0 Å². The van der Waals surface area contributed by atoms with Gasteiger partial charge in [0, 0.05) is 56.2 Å². The van der Waals surface area contributed by atoms with Gasteiger partial charge in [-0.15, -0.1) is 0 Å². The summed E-state index contributed by atoms with van der Waals surface area (Å²) < 4.78 is 5.59. The number of fused-ring (bicyclic) bond motifs is 4. The molecule has 2 aromatic carbocycles. The first-order valence-electron chi connectivity index (χ1n) is 11.9. The number of aromatic hydroxyl groups is 1. The number of phenolic OH excluding ortho intramolecular Hbond substituents is 1. The van der Waals surface area contributed by atoms with Gasteiger partial charge in [-0.1, -0.05) is 0 Å². The molecule has 0 atom stereocenters. The van der Waals surface area contributed by atoms with Crippen LogP contribution in [0.4, 0.5) is 11.4 Å². The molecule has 35 heavy (non-hydrogen) atoms. The maximum Gasteiger partial charge on any atom is 0.200 e. The molecule has 10 heteroatoms. The molecule has 1 heterocycles. The van der Waals surface area contributed by atoms with E-state index in [0.717, 1.165) is 5.56 Å². The molecule has 2 aliphatic rings. The number of hydrogen-bond donors (Lipinski definition) is 7. The second-order valence-electron chi connectivity index (χ2n) is 8.46. The Morgan fingerprint density at radius 2 is 1.34 bits per heavy atom. The molecule has 0 amide bonds. The number of ketones is 2. The van der Waals surface area contributed by atoms with Crippen molar-refractivity contribution in [3.63, 3.8) is 0 Å². The van der Waals surface area contributed by atoms with Crippen LogP contribution in [0.15, 0.2) is 18.2 Å². The summed E-state index contributed by atoms with van der Waals surface area (Å²) in [7, 11) is 0. The number of aliphatic hydroxyl groups is 2. The number of ether oxygens (including phenoxy) is 1. The van der Waals surface area contributed by atoms with Crippen molar-refractivity contribution in [2.75, 3.05) is 69.7 Å². The molecule has 0 fully saturated rings. The van der Waals surface area contributed by atoms with Crippen LogP contribution in [-0.2, 0) is 17.8 Å². The number of carbonyl (C=O) groups is 2. The molecule has 0 saturated carbocycles. The van der Waals surface area contributed by atoms with Crippen LogP contribution in [0.5, 0.6) is 5.75 Å². The molecular weight excluding hydrogens is 452 g/mol. The zero-order valence-electron chi connectivity index (χ0n) is 19.6. The first-order chi connectivity index (χ1) is 17.1. The molecule has 0 bridgehead atoms. The van der Waals surface area contributed by atoms with Crippen LogP contribution in [0.1, 0.15) is 43.0 Å². The number of phenols is 1. The van der Waals surface area contributed by atoms with Crippen LogP contribution in [0.25, 0.3) is 0 Å². The minimum absolute atomic E-state index is 0.0231. The number of hydrogen-bond acceptors (Lipinski definition) is 10. The van der Waals surface area contributed by atoms with Gasteiger partial charge in [0.05, 0.1) is 43.1 Å². The Labute approximate surface area is 203 Å². The summed E-state index contributed by atoms with van der Waals surface area (Å²) in [6.07, 6.45) is 0.564. The lowest BCUT2D eigenvalue weighted by molar-refractivity contribution is 0.0951. The van der Waals surface area contributed by atoms with E-state index in [2.05, 4.69) is 21.3 Å². The van der Waals surface area contributed by atoms with E-state index in [-0.39, 0.29) is 53.6 Å². The minimum atomic E-state index is -0.409. The lowest BCUT2D eigenvalue weighted by Crippen LogP contribution is -2.30. The van der Waals surface area contributed by atoms with Crippen molar-refractivity contribution in [1.82, 2.24) is 10.6 Å². The Kier molecular flexibility index (Phi) is 8.32. The number of aliphatic hydroxyl groups excluding tert-OH is 2. The molecular formula is C25H32N4O6. The van der Waals surface area contributed by atoms with E-state index in [4.69, 9.17) is 14.9 Å². The predicted octanol–water partition coefficient (Wildman–Crippen LogP) is 0.228. The molecule has 0 spiro atoms. The van der Waals surface area contributed by atoms with Gasteiger partial charge in [-0.25, -0.2) is 0 Å². The van der Waals surface area contributed by atoms with Crippen LogP contribution < -0.4 is 21.3 Å². The Bertz CT molecular complexity index is 1100. The number of benzene rings is 2. The smallest absolute Gasteiger partial charge is 0.200 e. The first kappa shape index (κ1) is 25.1. The average Bonchev–Trinajstić information content (AvgIpc) is 2.86. The van der Waals surface area contributed by atoms with Crippen LogP contribution in [-0.4, -0.2) is 86.0 Å². The highest BCUT2D eigenvalue weighted by Gasteiger charge is 2.39. The van der Waals surface area contributed by atoms with Crippen molar-refractivity contribution in [2.24, 2.45) is 0 Å². The fraction of sp³-hybridized carbons (Fsp3) is 0.440. The molecule has 0 unspecified atom stereocenters. The maximum absolute atomic E-state index is 13.9. The molecule has 4 rings (SSSR count). The lowest BCUT2D eigenvalue weighted by atomic mass is 9.78. The topological polar surface area (TPSA) is 152 Å².